The first-order valence-corrected chi connectivity index (χ1v) is 9.83. The lowest BCUT2D eigenvalue weighted by Crippen LogP contribution is -2.31. The number of hydrogen-bond acceptors (Lipinski definition) is 6. The van der Waals surface area contributed by atoms with E-state index >= 15 is 0 Å². The van der Waals surface area contributed by atoms with Crippen LogP contribution in [0.3, 0.4) is 0 Å². The van der Waals surface area contributed by atoms with Crippen LogP contribution >= 0.6 is 0 Å². The van der Waals surface area contributed by atoms with Gasteiger partial charge in [0.05, 0.1) is 16.9 Å². The van der Waals surface area contributed by atoms with Gasteiger partial charge in [-0.15, -0.1) is 5.10 Å². The second-order valence-electron chi connectivity index (χ2n) is 6.93. The van der Waals surface area contributed by atoms with E-state index in [9.17, 15) is 9.59 Å². The molecule has 0 bridgehead atoms. The molecule has 4 rings (SSSR count). The summed E-state index contributed by atoms with van der Waals surface area (Å²) in [6, 6.07) is 13.3. The minimum absolute atomic E-state index is 0.159. The topological polar surface area (TPSA) is 115 Å². The van der Waals surface area contributed by atoms with Gasteiger partial charge in [-0.05, 0) is 30.7 Å². The third-order valence-electron chi connectivity index (χ3n) is 4.80. The normalized spacial score (nSPS) is 10.7. The van der Waals surface area contributed by atoms with Crippen LogP contribution in [0, 0.1) is 6.92 Å². The van der Waals surface area contributed by atoms with Crippen molar-refractivity contribution in [3.63, 3.8) is 0 Å². The molecular weight excluding hydrogens is 394 g/mol. The third-order valence-corrected chi connectivity index (χ3v) is 4.80. The van der Waals surface area contributed by atoms with Crippen LogP contribution in [0.4, 0.5) is 0 Å². The van der Waals surface area contributed by atoms with Gasteiger partial charge in [0.2, 0.25) is 5.91 Å². The van der Waals surface area contributed by atoms with Gasteiger partial charge in [-0.25, -0.2) is 4.68 Å². The van der Waals surface area contributed by atoms with Gasteiger partial charge in [-0.1, -0.05) is 29.5 Å². The number of pyridine rings is 2. The quantitative estimate of drug-likeness (QED) is 0.477. The summed E-state index contributed by atoms with van der Waals surface area (Å²) >= 11 is 0. The average Bonchev–Trinajstić information content (AvgIpc) is 3.19. The molecule has 0 unspecified atom stereocenters. The van der Waals surface area contributed by atoms with Crippen molar-refractivity contribution in [1.29, 1.82) is 0 Å². The van der Waals surface area contributed by atoms with E-state index in [2.05, 4.69) is 30.9 Å². The van der Waals surface area contributed by atoms with Crippen molar-refractivity contribution in [1.82, 2.24) is 35.6 Å². The first-order chi connectivity index (χ1) is 15.1. The third kappa shape index (κ3) is 4.55. The lowest BCUT2D eigenvalue weighted by Gasteiger charge is -2.08. The molecule has 0 fully saturated rings. The lowest BCUT2D eigenvalue weighted by atomic mass is 10.2. The minimum atomic E-state index is -0.378. The van der Waals surface area contributed by atoms with Crippen molar-refractivity contribution < 1.29 is 9.59 Å². The highest BCUT2D eigenvalue weighted by Gasteiger charge is 2.18. The Bertz CT molecular complexity index is 1220. The zero-order chi connectivity index (χ0) is 21.6. The molecule has 0 radical (unpaired) electrons. The molecule has 31 heavy (non-hydrogen) atoms. The standard InChI is InChI=1S/C22H21N7O2/c1-15-20(22(31)25-12-9-19(30)26-14-16-5-3-10-23-13-16)27-28-29(15)18-8-2-6-17-7-4-11-24-21(17)18/h2-8,10-11,13H,9,12,14H2,1H3,(H,25,31)(H,26,30). The van der Waals surface area contributed by atoms with Gasteiger partial charge in [-0.2, -0.15) is 0 Å². The van der Waals surface area contributed by atoms with Gasteiger partial charge >= 0.3 is 0 Å². The van der Waals surface area contributed by atoms with Crippen molar-refractivity contribution >= 4 is 22.7 Å². The minimum Gasteiger partial charge on any atom is -0.352 e. The van der Waals surface area contributed by atoms with Gasteiger partial charge < -0.3 is 10.6 Å². The van der Waals surface area contributed by atoms with Gasteiger partial charge in [0.25, 0.3) is 5.91 Å². The molecule has 0 atom stereocenters. The molecule has 2 amide bonds. The smallest absolute Gasteiger partial charge is 0.273 e. The highest BCUT2D eigenvalue weighted by atomic mass is 16.2. The average molecular weight is 415 g/mol. The number of hydrogen-bond donors (Lipinski definition) is 2. The van der Waals surface area contributed by atoms with Crippen molar-refractivity contribution in [3.05, 3.63) is 78.0 Å². The van der Waals surface area contributed by atoms with Crippen LogP contribution in [0.1, 0.15) is 28.2 Å². The summed E-state index contributed by atoms with van der Waals surface area (Å²) in [5, 5.41) is 14.7. The number of amides is 2. The summed E-state index contributed by atoms with van der Waals surface area (Å²) in [4.78, 5) is 33.0. The van der Waals surface area contributed by atoms with E-state index in [-0.39, 0.29) is 30.5 Å². The van der Waals surface area contributed by atoms with E-state index in [0.717, 1.165) is 22.2 Å². The molecule has 156 valence electrons. The van der Waals surface area contributed by atoms with Crippen LogP contribution in [-0.2, 0) is 11.3 Å². The highest BCUT2D eigenvalue weighted by Crippen LogP contribution is 2.21. The van der Waals surface area contributed by atoms with Gasteiger partial charge in [0.15, 0.2) is 5.69 Å². The monoisotopic (exact) mass is 415 g/mol. The van der Waals surface area contributed by atoms with Crippen molar-refractivity contribution in [2.24, 2.45) is 0 Å². The second kappa shape index (κ2) is 9.12. The van der Waals surface area contributed by atoms with Crippen molar-refractivity contribution in [2.45, 2.75) is 19.9 Å². The Hall–Kier alpha value is -4.14. The molecule has 1 aromatic carbocycles. The zero-order valence-corrected chi connectivity index (χ0v) is 16.9. The van der Waals surface area contributed by atoms with Crippen molar-refractivity contribution in [3.8, 4) is 5.69 Å². The maximum atomic E-state index is 12.6. The molecule has 0 aliphatic heterocycles. The largest absolute Gasteiger partial charge is 0.352 e. The van der Waals surface area contributed by atoms with Crippen LogP contribution in [0.15, 0.2) is 61.1 Å². The molecule has 2 N–H and O–H groups in total. The molecule has 9 nitrogen and oxygen atoms in total. The number of para-hydroxylation sites is 1. The Morgan fingerprint density at radius 3 is 2.71 bits per heavy atom. The van der Waals surface area contributed by atoms with Crippen LogP contribution in [0.2, 0.25) is 0 Å². The fourth-order valence-corrected chi connectivity index (χ4v) is 3.19. The maximum Gasteiger partial charge on any atom is 0.273 e. The summed E-state index contributed by atoms with van der Waals surface area (Å²) in [7, 11) is 0. The maximum absolute atomic E-state index is 12.6. The highest BCUT2D eigenvalue weighted by molar-refractivity contribution is 5.94. The summed E-state index contributed by atoms with van der Waals surface area (Å²) < 4.78 is 1.60. The van der Waals surface area contributed by atoms with Crippen LogP contribution < -0.4 is 10.6 Å². The van der Waals surface area contributed by atoms with E-state index in [1.165, 1.54) is 0 Å². The molecule has 3 aromatic heterocycles. The number of benzene rings is 1. The Balaban J connectivity index is 1.36. The first-order valence-electron chi connectivity index (χ1n) is 9.83. The molecule has 3 heterocycles. The molecule has 4 aromatic rings. The Morgan fingerprint density at radius 2 is 1.87 bits per heavy atom. The summed E-state index contributed by atoms with van der Waals surface area (Å²) in [6.07, 6.45) is 5.24. The van der Waals surface area contributed by atoms with E-state index in [1.807, 2.05) is 42.5 Å². The summed E-state index contributed by atoms with van der Waals surface area (Å²) in [5.74, 6) is -0.539. The fraction of sp³-hybridized carbons (Fsp3) is 0.182. The molecule has 9 heteroatoms. The zero-order valence-electron chi connectivity index (χ0n) is 16.9. The lowest BCUT2D eigenvalue weighted by molar-refractivity contribution is -0.121. The second-order valence-corrected chi connectivity index (χ2v) is 6.93. The van der Waals surface area contributed by atoms with Crippen LogP contribution in [0.25, 0.3) is 16.6 Å². The molecule has 0 saturated carbocycles. The predicted molar refractivity (Wildman–Crippen MR) is 114 cm³/mol. The van der Waals surface area contributed by atoms with E-state index in [0.29, 0.717) is 12.2 Å². The molecule has 0 spiro atoms. The van der Waals surface area contributed by atoms with E-state index in [4.69, 9.17) is 0 Å². The SMILES string of the molecule is Cc1c(C(=O)NCCC(=O)NCc2cccnc2)nnn1-c1cccc2cccnc12. The number of carbonyl (C=O) groups is 2. The van der Waals surface area contributed by atoms with Crippen molar-refractivity contribution in [2.75, 3.05) is 6.54 Å². The van der Waals surface area contributed by atoms with Gasteiger partial charge in [0.1, 0.15) is 0 Å². The number of fused-ring (bicyclic) bond motifs is 1. The van der Waals surface area contributed by atoms with Crippen LogP contribution in [-0.4, -0.2) is 43.3 Å². The summed E-state index contributed by atoms with van der Waals surface area (Å²) in [6.45, 7) is 2.37. The Kier molecular flexibility index (Phi) is 5.93. The Labute approximate surface area is 178 Å². The predicted octanol–water partition coefficient (Wildman–Crippen LogP) is 1.96. The fourth-order valence-electron chi connectivity index (χ4n) is 3.19. The number of aromatic nitrogens is 5. The van der Waals surface area contributed by atoms with E-state index in [1.54, 1.807) is 30.2 Å². The Morgan fingerprint density at radius 1 is 1.03 bits per heavy atom. The van der Waals surface area contributed by atoms with Crippen LogP contribution in [0.5, 0.6) is 0 Å². The van der Waals surface area contributed by atoms with Gasteiger partial charge in [0, 0.05) is 43.5 Å². The number of rotatable bonds is 7. The number of nitrogens with one attached hydrogen (secondary N) is 2. The molecule has 0 saturated heterocycles. The number of carbonyl (C=O) groups excluding carboxylic acids is 2. The molecule has 0 aliphatic rings. The van der Waals surface area contributed by atoms with E-state index < -0.39 is 0 Å². The van der Waals surface area contributed by atoms with Gasteiger partial charge in [-0.3, -0.25) is 19.6 Å². The molecular formula is C22H21N7O2. The summed E-state index contributed by atoms with van der Waals surface area (Å²) in [5.41, 5.74) is 3.24. The first kappa shape index (κ1) is 20.1. The number of nitrogens with zero attached hydrogens (tertiary/aromatic N) is 5. The molecule has 0 aliphatic carbocycles.